The van der Waals surface area contributed by atoms with Crippen molar-refractivity contribution < 1.29 is 14.3 Å². The molecule has 0 N–H and O–H groups in total. The highest BCUT2D eigenvalue weighted by molar-refractivity contribution is 5.95. The topological polar surface area (TPSA) is 98.6 Å². The number of nitrogens with zero attached hydrogens (tertiary/aromatic N) is 5. The molecule has 1 atom stereocenters. The van der Waals surface area contributed by atoms with Crippen LogP contribution in [0, 0.1) is 0 Å². The summed E-state index contributed by atoms with van der Waals surface area (Å²) in [6.07, 6.45) is -0.105. The second kappa shape index (κ2) is 5.57. The van der Waals surface area contributed by atoms with Gasteiger partial charge < -0.3 is 4.74 Å². The van der Waals surface area contributed by atoms with E-state index in [-0.39, 0.29) is 12.3 Å². The van der Waals surface area contributed by atoms with E-state index in [0.29, 0.717) is 18.7 Å². The number of fused-ring (bicyclic) bond motifs is 1. The third-order valence-corrected chi connectivity index (χ3v) is 3.85. The van der Waals surface area contributed by atoms with Gasteiger partial charge in [0.2, 0.25) is 0 Å². The fraction of sp³-hybridized carbons (Fsp3) is 0.429. The molecule has 114 valence electrons. The second-order valence-electron chi connectivity index (χ2n) is 5.27. The van der Waals surface area contributed by atoms with Gasteiger partial charge in [0, 0.05) is 17.0 Å². The smallest absolute Gasteiger partial charge is 0.429 e. The van der Waals surface area contributed by atoms with Gasteiger partial charge in [-0.2, -0.15) is 0 Å². The molecule has 1 aromatic carbocycles. The van der Waals surface area contributed by atoms with Crippen molar-refractivity contribution in [2.24, 2.45) is 5.11 Å². The maximum Gasteiger partial charge on any atom is 0.429 e. The lowest BCUT2D eigenvalue weighted by Crippen LogP contribution is -2.42. The van der Waals surface area contributed by atoms with Crippen molar-refractivity contribution in [3.8, 4) is 0 Å². The van der Waals surface area contributed by atoms with Crippen LogP contribution in [0.4, 0.5) is 10.5 Å². The van der Waals surface area contributed by atoms with Crippen molar-refractivity contribution in [1.82, 2.24) is 5.01 Å². The Morgan fingerprint density at radius 1 is 1.50 bits per heavy atom. The zero-order chi connectivity index (χ0) is 15.7. The molecular weight excluding hydrogens is 286 g/mol. The summed E-state index contributed by atoms with van der Waals surface area (Å²) in [6.45, 7) is 2.67. The minimum atomic E-state index is -0.443. The molecule has 1 aromatic rings. The highest BCUT2D eigenvalue weighted by atomic mass is 16.6. The third kappa shape index (κ3) is 2.44. The summed E-state index contributed by atoms with van der Waals surface area (Å²) in [4.78, 5) is 26.1. The first-order valence-electron chi connectivity index (χ1n) is 7.00. The number of benzene rings is 1. The zero-order valence-electron chi connectivity index (χ0n) is 12.1. The Morgan fingerprint density at radius 2 is 2.32 bits per heavy atom. The average molecular weight is 301 g/mol. The van der Waals surface area contributed by atoms with Crippen molar-refractivity contribution in [3.05, 3.63) is 39.8 Å². The minimum Gasteiger partial charge on any atom is -0.443 e. The number of Topliss-reactive ketones (excluding diaryl/α,β-unsaturated/α-hetero) is 1. The predicted molar refractivity (Wildman–Crippen MR) is 78.5 cm³/mol. The van der Waals surface area contributed by atoms with Gasteiger partial charge in [0.15, 0.2) is 5.78 Å². The molecule has 0 spiro atoms. The fourth-order valence-electron chi connectivity index (χ4n) is 2.78. The van der Waals surface area contributed by atoms with E-state index in [0.717, 1.165) is 17.7 Å². The molecule has 3 rings (SSSR count). The van der Waals surface area contributed by atoms with Gasteiger partial charge in [0.1, 0.15) is 6.10 Å². The average Bonchev–Trinajstić information content (AvgIpc) is 3.07. The SMILES string of the molecule is CC(=O)c1ccc2c(c1)CCN2N1CC(CN=[N+]=[N-])OC1=O. The summed E-state index contributed by atoms with van der Waals surface area (Å²) in [5, 5.41) is 6.83. The van der Waals surface area contributed by atoms with Crippen LogP contribution in [0.15, 0.2) is 23.3 Å². The predicted octanol–water partition coefficient (Wildman–Crippen LogP) is 2.30. The van der Waals surface area contributed by atoms with Crippen molar-refractivity contribution in [2.45, 2.75) is 19.4 Å². The number of amides is 1. The number of hydrogen-bond donors (Lipinski definition) is 0. The van der Waals surface area contributed by atoms with Crippen LogP contribution in [-0.4, -0.2) is 42.6 Å². The summed E-state index contributed by atoms with van der Waals surface area (Å²) < 4.78 is 5.19. The molecule has 0 aliphatic carbocycles. The van der Waals surface area contributed by atoms with E-state index in [9.17, 15) is 9.59 Å². The van der Waals surface area contributed by atoms with Gasteiger partial charge in [0.25, 0.3) is 0 Å². The number of cyclic esters (lactones) is 1. The lowest BCUT2D eigenvalue weighted by Gasteiger charge is -2.27. The third-order valence-electron chi connectivity index (χ3n) is 3.85. The van der Waals surface area contributed by atoms with Crippen LogP contribution >= 0.6 is 0 Å². The number of hydrazine groups is 1. The van der Waals surface area contributed by atoms with E-state index in [1.807, 2.05) is 17.1 Å². The Kier molecular flexibility index (Phi) is 3.60. The molecule has 8 heteroatoms. The molecule has 1 saturated heterocycles. The van der Waals surface area contributed by atoms with E-state index in [1.165, 1.54) is 11.9 Å². The van der Waals surface area contributed by atoms with Gasteiger partial charge >= 0.3 is 6.09 Å². The molecule has 8 nitrogen and oxygen atoms in total. The summed E-state index contributed by atoms with van der Waals surface area (Å²) in [5.74, 6) is 0.0243. The van der Waals surface area contributed by atoms with Crippen molar-refractivity contribution >= 4 is 17.6 Å². The van der Waals surface area contributed by atoms with Crippen molar-refractivity contribution in [2.75, 3.05) is 24.6 Å². The van der Waals surface area contributed by atoms with Crippen LogP contribution in [0.1, 0.15) is 22.8 Å². The second-order valence-corrected chi connectivity index (χ2v) is 5.27. The highest BCUT2D eigenvalue weighted by Crippen LogP contribution is 2.32. The Bertz CT molecular complexity index is 683. The van der Waals surface area contributed by atoms with Gasteiger partial charge in [-0.25, -0.2) is 9.80 Å². The molecule has 1 amide bonds. The molecule has 0 saturated carbocycles. The Hall–Kier alpha value is -2.73. The fourth-order valence-corrected chi connectivity index (χ4v) is 2.78. The summed E-state index contributed by atoms with van der Waals surface area (Å²) in [6, 6.07) is 5.49. The summed E-state index contributed by atoms with van der Waals surface area (Å²) in [7, 11) is 0. The van der Waals surface area contributed by atoms with Crippen LogP contribution < -0.4 is 5.01 Å². The first kappa shape index (κ1) is 14.2. The van der Waals surface area contributed by atoms with Crippen LogP contribution in [0.3, 0.4) is 0 Å². The van der Waals surface area contributed by atoms with E-state index >= 15 is 0 Å². The number of carbonyl (C=O) groups excluding carboxylic acids is 2. The lowest BCUT2D eigenvalue weighted by molar-refractivity contribution is 0.101. The number of ketones is 1. The van der Waals surface area contributed by atoms with Crippen LogP contribution in [0.25, 0.3) is 10.4 Å². The number of azide groups is 1. The summed E-state index contributed by atoms with van der Waals surface area (Å²) in [5.41, 5.74) is 11.0. The monoisotopic (exact) mass is 301 g/mol. The summed E-state index contributed by atoms with van der Waals surface area (Å²) >= 11 is 0. The zero-order valence-corrected chi connectivity index (χ0v) is 12.1. The lowest BCUT2D eigenvalue weighted by atomic mass is 10.1. The highest BCUT2D eigenvalue weighted by Gasteiger charge is 2.37. The number of hydrogen-bond acceptors (Lipinski definition) is 5. The van der Waals surface area contributed by atoms with Gasteiger partial charge in [-0.1, -0.05) is 5.11 Å². The minimum absolute atomic E-state index is 0.0243. The molecule has 2 heterocycles. The quantitative estimate of drug-likeness (QED) is 0.368. The van der Waals surface area contributed by atoms with E-state index in [1.54, 1.807) is 6.07 Å². The van der Waals surface area contributed by atoms with Gasteiger partial charge in [-0.3, -0.25) is 9.80 Å². The van der Waals surface area contributed by atoms with E-state index in [2.05, 4.69) is 10.0 Å². The molecule has 2 aliphatic rings. The first-order valence-corrected chi connectivity index (χ1v) is 7.00. The maximum atomic E-state index is 12.0. The first-order chi connectivity index (χ1) is 10.6. The van der Waals surface area contributed by atoms with E-state index < -0.39 is 12.2 Å². The molecule has 0 bridgehead atoms. The normalized spacial score (nSPS) is 19.7. The van der Waals surface area contributed by atoms with Crippen LogP contribution in [-0.2, 0) is 11.2 Å². The van der Waals surface area contributed by atoms with Crippen LogP contribution in [0.2, 0.25) is 0 Å². The van der Waals surface area contributed by atoms with Crippen molar-refractivity contribution in [1.29, 1.82) is 0 Å². The van der Waals surface area contributed by atoms with Crippen molar-refractivity contribution in [3.63, 3.8) is 0 Å². The van der Waals surface area contributed by atoms with Crippen LogP contribution in [0.5, 0.6) is 0 Å². The molecule has 1 fully saturated rings. The molecule has 1 unspecified atom stereocenters. The number of carbonyl (C=O) groups is 2. The Balaban J connectivity index is 1.80. The molecular formula is C14H15N5O3. The Labute approximate surface area is 126 Å². The number of rotatable bonds is 4. The standard InChI is InChI=1S/C14H15N5O3/c1-9(20)10-2-3-13-11(6-10)4-5-18(13)19-8-12(7-16-17-15)22-14(19)21/h2-3,6,12H,4-5,7-8H2,1H3. The number of ether oxygens (including phenoxy) is 1. The van der Waals surface area contributed by atoms with E-state index in [4.69, 9.17) is 10.3 Å². The molecule has 2 aliphatic heterocycles. The number of anilines is 1. The van der Waals surface area contributed by atoms with Gasteiger partial charge in [0.05, 0.1) is 18.8 Å². The molecule has 0 aromatic heterocycles. The largest absolute Gasteiger partial charge is 0.443 e. The molecule has 22 heavy (non-hydrogen) atoms. The molecule has 0 radical (unpaired) electrons. The Morgan fingerprint density at radius 3 is 3.05 bits per heavy atom. The van der Waals surface area contributed by atoms with Gasteiger partial charge in [-0.15, -0.1) is 0 Å². The van der Waals surface area contributed by atoms with Gasteiger partial charge in [-0.05, 0) is 42.6 Å². The maximum absolute atomic E-state index is 12.0.